The molecular weight excluding hydrogens is 315 g/mol. The van der Waals surface area contributed by atoms with E-state index < -0.39 is 52.7 Å². The van der Waals surface area contributed by atoms with Gasteiger partial charge in [0.15, 0.2) is 17.4 Å². The fraction of sp³-hybridized carbons (Fsp3) is 0.300. The summed E-state index contributed by atoms with van der Waals surface area (Å²) >= 11 is 4.14. The Labute approximate surface area is 113 Å². The number of nitrogens with two attached hydrogens (primary N) is 1. The Morgan fingerprint density at radius 2 is 1.60 bits per heavy atom. The highest BCUT2D eigenvalue weighted by Crippen LogP contribution is 2.30. The van der Waals surface area contributed by atoms with Gasteiger partial charge in [0.1, 0.15) is 12.5 Å². The quantitative estimate of drug-likeness (QED) is 0.526. The first-order valence-electron chi connectivity index (χ1n) is 4.87. The third-order valence-corrected chi connectivity index (χ3v) is 2.49. The predicted octanol–water partition coefficient (Wildman–Crippen LogP) is 3.09. The molecule has 0 bridgehead atoms. The van der Waals surface area contributed by atoms with Gasteiger partial charge in [-0.15, -0.1) is 0 Å². The number of benzene rings is 1. The molecule has 10 heteroatoms. The minimum absolute atomic E-state index is 0.105. The van der Waals surface area contributed by atoms with Crippen LogP contribution in [0.25, 0.3) is 0 Å². The molecule has 0 spiro atoms. The molecule has 1 rings (SSSR count). The molecule has 1 aromatic rings. The van der Waals surface area contributed by atoms with E-state index in [2.05, 4.69) is 17.0 Å². The highest BCUT2D eigenvalue weighted by Gasteiger charge is 2.42. The smallest absolute Gasteiger partial charge is 0.401 e. The first-order chi connectivity index (χ1) is 9.05. The van der Waals surface area contributed by atoms with E-state index in [1.54, 1.807) is 0 Å². The van der Waals surface area contributed by atoms with Crippen molar-refractivity contribution < 1.29 is 35.5 Å². The highest BCUT2D eigenvalue weighted by molar-refractivity contribution is 7.80. The number of halogens is 7. The minimum atomic E-state index is -4.93. The summed E-state index contributed by atoms with van der Waals surface area (Å²) in [6.07, 6.45) is -4.93. The average molecular weight is 321 g/mol. The van der Waals surface area contributed by atoms with E-state index in [-0.39, 0.29) is 6.07 Å². The van der Waals surface area contributed by atoms with Crippen LogP contribution in [-0.4, -0.2) is 17.8 Å². The largest absolute Gasteiger partial charge is 0.486 e. The van der Waals surface area contributed by atoms with E-state index in [0.717, 1.165) is 0 Å². The molecule has 0 saturated carbocycles. The Balaban J connectivity index is 3.03. The van der Waals surface area contributed by atoms with Crippen LogP contribution in [0.15, 0.2) is 6.07 Å². The highest BCUT2D eigenvalue weighted by atomic mass is 32.1. The molecule has 2 nitrogen and oxygen atoms in total. The lowest BCUT2D eigenvalue weighted by Crippen LogP contribution is -2.38. The molecule has 1 atom stereocenters. The van der Waals surface area contributed by atoms with Crippen molar-refractivity contribution in [2.45, 2.75) is 6.18 Å². The van der Waals surface area contributed by atoms with E-state index in [1.807, 2.05) is 0 Å². The van der Waals surface area contributed by atoms with Crippen LogP contribution in [0.5, 0.6) is 5.75 Å². The lowest BCUT2D eigenvalue weighted by Gasteiger charge is -2.19. The zero-order chi connectivity index (χ0) is 15.7. The fourth-order valence-corrected chi connectivity index (χ4v) is 1.38. The van der Waals surface area contributed by atoms with Gasteiger partial charge < -0.3 is 10.5 Å². The number of hydrogen-bond acceptors (Lipinski definition) is 2. The number of alkyl halides is 3. The average Bonchev–Trinajstić information content (AvgIpc) is 2.29. The van der Waals surface area contributed by atoms with Crippen molar-refractivity contribution in [1.29, 1.82) is 0 Å². The Kier molecular flexibility index (Phi) is 4.79. The van der Waals surface area contributed by atoms with Crippen molar-refractivity contribution >= 4 is 17.2 Å². The number of thiocarbonyl (C=S) groups is 1. The minimum Gasteiger partial charge on any atom is -0.486 e. The van der Waals surface area contributed by atoms with Gasteiger partial charge in [0.25, 0.3) is 0 Å². The maximum absolute atomic E-state index is 13.1. The molecule has 2 N–H and O–H groups in total. The van der Waals surface area contributed by atoms with Crippen LogP contribution in [0.4, 0.5) is 30.7 Å². The van der Waals surface area contributed by atoms with Crippen LogP contribution in [0, 0.1) is 29.2 Å². The van der Waals surface area contributed by atoms with Gasteiger partial charge in [0, 0.05) is 6.07 Å². The van der Waals surface area contributed by atoms with Crippen LogP contribution in [0.1, 0.15) is 0 Å². The Hall–Kier alpha value is -1.58. The van der Waals surface area contributed by atoms with Crippen LogP contribution < -0.4 is 10.5 Å². The van der Waals surface area contributed by atoms with Gasteiger partial charge in [-0.3, -0.25) is 0 Å². The van der Waals surface area contributed by atoms with E-state index in [1.165, 1.54) is 0 Å². The zero-order valence-corrected chi connectivity index (χ0v) is 10.2. The summed E-state index contributed by atoms with van der Waals surface area (Å²) in [5.74, 6) is -11.6. The second-order valence-corrected chi connectivity index (χ2v) is 4.08. The SMILES string of the molecule is NC(=S)C(COc1c(F)c(F)cc(F)c1F)C(F)(F)F. The zero-order valence-electron chi connectivity index (χ0n) is 9.40. The number of hydrogen-bond donors (Lipinski definition) is 1. The Morgan fingerprint density at radius 3 is 1.95 bits per heavy atom. The Morgan fingerprint density at radius 1 is 1.15 bits per heavy atom. The molecule has 0 aromatic heterocycles. The predicted molar refractivity (Wildman–Crippen MR) is 58.1 cm³/mol. The summed E-state index contributed by atoms with van der Waals surface area (Å²) in [4.78, 5) is -1.03. The molecule has 0 fully saturated rings. The molecule has 1 aromatic carbocycles. The van der Waals surface area contributed by atoms with Crippen molar-refractivity contribution in [3.05, 3.63) is 29.3 Å². The van der Waals surface area contributed by atoms with Crippen LogP contribution in [0.3, 0.4) is 0 Å². The first-order valence-corrected chi connectivity index (χ1v) is 5.28. The van der Waals surface area contributed by atoms with Crippen LogP contribution >= 0.6 is 12.2 Å². The van der Waals surface area contributed by atoms with Crippen molar-refractivity contribution in [2.75, 3.05) is 6.61 Å². The summed E-state index contributed by atoms with van der Waals surface area (Å²) in [6, 6.07) is -0.105. The fourth-order valence-electron chi connectivity index (χ4n) is 1.18. The van der Waals surface area contributed by atoms with Gasteiger partial charge in [-0.05, 0) is 0 Å². The second-order valence-electron chi connectivity index (χ2n) is 3.60. The molecule has 0 aliphatic carbocycles. The normalized spacial score (nSPS) is 13.2. The lowest BCUT2D eigenvalue weighted by atomic mass is 10.1. The third kappa shape index (κ3) is 3.50. The van der Waals surface area contributed by atoms with Crippen molar-refractivity contribution in [3.8, 4) is 5.75 Å². The summed E-state index contributed by atoms with van der Waals surface area (Å²) in [5.41, 5.74) is 4.82. The summed E-state index contributed by atoms with van der Waals surface area (Å²) < 4.78 is 93.4. The molecular formula is C10H6F7NOS. The maximum atomic E-state index is 13.1. The van der Waals surface area contributed by atoms with E-state index in [9.17, 15) is 30.7 Å². The van der Waals surface area contributed by atoms with Crippen molar-refractivity contribution in [1.82, 2.24) is 0 Å². The summed E-state index contributed by atoms with van der Waals surface area (Å²) in [7, 11) is 0. The van der Waals surface area contributed by atoms with Gasteiger partial charge in [0.2, 0.25) is 11.6 Å². The molecule has 1 unspecified atom stereocenters. The molecule has 20 heavy (non-hydrogen) atoms. The second kappa shape index (κ2) is 5.81. The standard InChI is InChI=1S/C10H6F7NOS/c11-4-1-5(12)7(14)8(6(4)13)19-2-3(9(18)20)10(15,16)17/h1,3H,2H2,(H2,18,20). The van der Waals surface area contributed by atoms with Gasteiger partial charge in [-0.25, -0.2) is 8.78 Å². The van der Waals surface area contributed by atoms with Crippen molar-refractivity contribution in [3.63, 3.8) is 0 Å². The molecule has 0 heterocycles. The van der Waals surface area contributed by atoms with Crippen LogP contribution in [0.2, 0.25) is 0 Å². The Bertz CT molecular complexity index is 505. The van der Waals surface area contributed by atoms with Gasteiger partial charge >= 0.3 is 6.18 Å². The van der Waals surface area contributed by atoms with Crippen LogP contribution in [-0.2, 0) is 0 Å². The molecule has 0 saturated heterocycles. The molecule has 0 aliphatic heterocycles. The number of ether oxygens (including phenoxy) is 1. The summed E-state index contributed by atoms with van der Waals surface area (Å²) in [6.45, 7) is -1.41. The van der Waals surface area contributed by atoms with Crippen molar-refractivity contribution in [2.24, 2.45) is 11.7 Å². The molecule has 0 radical (unpaired) electrons. The third-order valence-electron chi connectivity index (χ3n) is 2.20. The van der Waals surface area contributed by atoms with E-state index in [0.29, 0.717) is 0 Å². The monoisotopic (exact) mass is 321 g/mol. The van der Waals surface area contributed by atoms with E-state index >= 15 is 0 Å². The summed E-state index contributed by atoms with van der Waals surface area (Å²) in [5, 5.41) is 0. The van der Waals surface area contributed by atoms with Gasteiger partial charge in [0.05, 0.1) is 4.99 Å². The van der Waals surface area contributed by atoms with E-state index in [4.69, 9.17) is 5.73 Å². The number of rotatable bonds is 4. The van der Waals surface area contributed by atoms with Gasteiger partial charge in [-0.1, -0.05) is 12.2 Å². The first kappa shape index (κ1) is 16.5. The van der Waals surface area contributed by atoms with Gasteiger partial charge in [-0.2, -0.15) is 22.0 Å². The lowest BCUT2D eigenvalue weighted by molar-refractivity contribution is -0.161. The molecule has 112 valence electrons. The molecule has 0 amide bonds. The molecule has 0 aliphatic rings. The topological polar surface area (TPSA) is 35.2 Å². The maximum Gasteiger partial charge on any atom is 0.401 e.